The van der Waals surface area contributed by atoms with Gasteiger partial charge in [-0.25, -0.2) is 0 Å². The fourth-order valence-corrected chi connectivity index (χ4v) is 3.11. The number of rotatable bonds is 3. The molecule has 2 nitrogen and oxygen atoms in total. The molecule has 1 saturated carbocycles. The summed E-state index contributed by atoms with van der Waals surface area (Å²) < 4.78 is 5.46. The molecule has 15 heavy (non-hydrogen) atoms. The molecule has 2 fully saturated rings. The highest BCUT2D eigenvalue weighted by Crippen LogP contribution is 2.42. The summed E-state index contributed by atoms with van der Waals surface area (Å²) in [6.07, 6.45) is 6.96. The number of Topliss-reactive ketones (excluding diaryl/α,β-unsaturated/α-hetero) is 1. The maximum Gasteiger partial charge on any atom is 0.139 e. The fraction of sp³-hybridized carbons (Fsp3) is 0.923. The predicted molar refractivity (Wildman–Crippen MR) is 59.7 cm³/mol. The standard InChI is InChI=1S/C13H22O2/c1-10-11(5-8-15-10)12(14)9-13(2)6-3-4-7-13/h10-11H,3-9H2,1-2H3. The Labute approximate surface area is 92.4 Å². The van der Waals surface area contributed by atoms with Crippen molar-refractivity contribution >= 4 is 5.78 Å². The van der Waals surface area contributed by atoms with E-state index in [0.29, 0.717) is 11.2 Å². The Hall–Kier alpha value is -0.370. The van der Waals surface area contributed by atoms with Crippen molar-refractivity contribution in [3.8, 4) is 0 Å². The van der Waals surface area contributed by atoms with E-state index in [-0.39, 0.29) is 12.0 Å². The summed E-state index contributed by atoms with van der Waals surface area (Å²) >= 11 is 0. The Bertz CT molecular complexity index is 241. The topological polar surface area (TPSA) is 26.3 Å². The maximum atomic E-state index is 12.1. The van der Waals surface area contributed by atoms with Crippen LogP contribution in [0.5, 0.6) is 0 Å². The summed E-state index contributed by atoms with van der Waals surface area (Å²) in [6.45, 7) is 5.08. The Kier molecular flexibility index (Phi) is 3.15. The molecule has 1 aliphatic heterocycles. The van der Waals surface area contributed by atoms with E-state index in [0.717, 1.165) is 19.4 Å². The second-order valence-electron chi connectivity index (χ2n) is 5.63. The van der Waals surface area contributed by atoms with Crippen LogP contribution in [-0.2, 0) is 9.53 Å². The highest BCUT2D eigenvalue weighted by atomic mass is 16.5. The molecule has 1 saturated heterocycles. The summed E-state index contributed by atoms with van der Waals surface area (Å²) in [5.74, 6) is 0.631. The van der Waals surface area contributed by atoms with Crippen LogP contribution in [0, 0.1) is 11.3 Å². The summed E-state index contributed by atoms with van der Waals surface area (Å²) in [5, 5.41) is 0. The van der Waals surface area contributed by atoms with Gasteiger partial charge in [0.05, 0.1) is 6.10 Å². The van der Waals surface area contributed by atoms with Crippen LogP contribution in [0.2, 0.25) is 0 Å². The normalized spacial score (nSPS) is 34.5. The Morgan fingerprint density at radius 2 is 2.07 bits per heavy atom. The van der Waals surface area contributed by atoms with Crippen LogP contribution in [0.3, 0.4) is 0 Å². The van der Waals surface area contributed by atoms with Gasteiger partial charge >= 0.3 is 0 Å². The van der Waals surface area contributed by atoms with Gasteiger partial charge in [-0.1, -0.05) is 19.8 Å². The Morgan fingerprint density at radius 3 is 2.60 bits per heavy atom. The summed E-state index contributed by atoms with van der Waals surface area (Å²) in [5.41, 5.74) is 0.305. The van der Waals surface area contributed by atoms with E-state index in [9.17, 15) is 4.79 Å². The first-order valence-corrected chi connectivity index (χ1v) is 6.25. The van der Waals surface area contributed by atoms with Crippen molar-refractivity contribution in [3.05, 3.63) is 0 Å². The second kappa shape index (κ2) is 4.25. The lowest BCUT2D eigenvalue weighted by Gasteiger charge is -2.24. The minimum atomic E-state index is 0.155. The van der Waals surface area contributed by atoms with Crippen LogP contribution in [-0.4, -0.2) is 18.5 Å². The third-order valence-electron chi connectivity index (χ3n) is 4.20. The number of hydrogen-bond donors (Lipinski definition) is 0. The van der Waals surface area contributed by atoms with E-state index in [1.165, 1.54) is 25.7 Å². The largest absolute Gasteiger partial charge is 0.378 e. The molecule has 1 aliphatic carbocycles. The molecule has 0 amide bonds. The van der Waals surface area contributed by atoms with Crippen molar-refractivity contribution in [2.24, 2.45) is 11.3 Å². The second-order valence-corrected chi connectivity index (χ2v) is 5.63. The van der Waals surface area contributed by atoms with Gasteiger partial charge < -0.3 is 4.74 Å². The lowest BCUT2D eigenvalue weighted by Crippen LogP contribution is -2.27. The molecular formula is C13H22O2. The first-order chi connectivity index (χ1) is 7.11. The van der Waals surface area contributed by atoms with E-state index in [1.54, 1.807) is 0 Å². The third kappa shape index (κ3) is 2.41. The van der Waals surface area contributed by atoms with Gasteiger partial charge in [-0.15, -0.1) is 0 Å². The molecule has 0 radical (unpaired) electrons. The van der Waals surface area contributed by atoms with E-state index >= 15 is 0 Å². The zero-order valence-electron chi connectivity index (χ0n) is 9.92. The molecular weight excluding hydrogens is 188 g/mol. The molecule has 2 rings (SSSR count). The molecule has 0 bridgehead atoms. The molecule has 0 aromatic heterocycles. The van der Waals surface area contributed by atoms with Crippen molar-refractivity contribution < 1.29 is 9.53 Å². The van der Waals surface area contributed by atoms with E-state index in [4.69, 9.17) is 4.74 Å². The quantitative estimate of drug-likeness (QED) is 0.716. The van der Waals surface area contributed by atoms with Gasteiger partial charge in [-0.05, 0) is 31.6 Å². The number of carbonyl (C=O) groups excluding carboxylic acids is 1. The molecule has 0 aromatic carbocycles. The highest BCUT2D eigenvalue weighted by Gasteiger charge is 2.36. The SMILES string of the molecule is CC1OCCC1C(=O)CC1(C)CCCC1. The van der Waals surface area contributed by atoms with Gasteiger partial charge in [0.1, 0.15) is 5.78 Å². The molecule has 2 aliphatic rings. The zero-order valence-corrected chi connectivity index (χ0v) is 9.92. The van der Waals surface area contributed by atoms with Crippen molar-refractivity contribution in [2.45, 2.75) is 58.5 Å². The van der Waals surface area contributed by atoms with Crippen LogP contribution >= 0.6 is 0 Å². The highest BCUT2D eigenvalue weighted by molar-refractivity contribution is 5.82. The zero-order chi connectivity index (χ0) is 10.9. The van der Waals surface area contributed by atoms with E-state index in [2.05, 4.69) is 6.92 Å². The minimum Gasteiger partial charge on any atom is -0.378 e. The van der Waals surface area contributed by atoms with Gasteiger partial charge in [0, 0.05) is 18.9 Å². The van der Waals surface area contributed by atoms with E-state index in [1.807, 2.05) is 6.92 Å². The molecule has 0 aromatic rings. The number of ketones is 1. The molecule has 86 valence electrons. The average molecular weight is 210 g/mol. The van der Waals surface area contributed by atoms with Crippen LogP contribution in [0.25, 0.3) is 0 Å². The first kappa shape index (κ1) is 11.1. The molecule has 0 spiro atoms. The van der Waals surface area contributed by atoms with Crippen molar-refractivity contribution in [3.63, 3.8) is 0 Å². The van der Waals surface area contributed by atoms with Crippen molar-refractivity contribution in [1.82, 2.24) is 0 Å². The van der Waals surface area contributed by atoms with Crippen LogP contribution in [0.4, 0.5) is 0 Å². The van der Waals surface area contributed by atoms with Gasteiger partial charge in [0.25, 0.3) is 0 Å². The monoisotopic (exact) mass is 210 g/mol. The first-order valence-electron chi connectivity index (χ1n) is 6.25. The van der Waals surface area contributed by atoms with Gasteiger partial charge in [-0.3, -0.25) is 4.79 Å². The summed E-state index contributed by atoms with van der Waals surface area (Å²) in [7, 11) is 0. The summed E-state index contributed by atoms with van der Waals surface area (Å²) in [6, 6.07) is 0. The Morgan fingerprint density at radius 1 is 1.40 bits per heavy atom. The molecule has 2 unspecified atom stereocenters. The van der Waals surface area contributed by atoms with Gasteiger partial charge in [0.15, 0.2) is 0 Å². The Balaban J connectivity index is 1.91. The van der Waals surface area contributed by atoms with Crippen LogP contribution < -0.4 is 0 Å². The molecule has 1 heterocycles. The maximum absolute atomic E-state index is 12.1. The average Bonchev–Trinajstić information content (AvgIpc) is 2.74. The summed E-state index contributed by atoms with van der Waals surface area (Å²) in [4.78, 5) is 12.1. The van der Waals surface area contributed by atoms with Gasteiger partial charge in [0.2, 0.25) is 0 Å². The lowest BCUT2D eigenvalue weighted by molar-refractivity contribution is -0.126. The van der Waals surface area contributed by atoms with Crippen molar-refractivity contribution in [1.29, 1.82) is 0 Å². The van der Waals surface area contributed by atoms with Crippen LogP contribution in [0.1, 0.15) is 52.4 Å². The third-order valence-corrected chi connectivity index (χ3v) is 4.20. The molecule has 2 heteroatoms. The number of ether oxygens (including phenoxy) is 1. The number of carbonyl (C=O) groups is 1. The predicted octanol–water partition coefficient (Wildman–Crippen LogP) is 2.95. The number of hydrogen-bond acceptors (Lipinski definition) is 2. The minimum absolute atomic E-state index is 0.155. The van der Waals surface area contributed by atoms with Gasteiger partial charge in [-0.2, -0.15) is 0 Å². The van der Waals surface area contributed by atoms with Crippen LogP contribution in [0.15, 0.2) is 0 Å². The van der Waals surface area contributed by atoms with E-state index < -0.39 is 0 Å². The molecule has 2 atom stereocenters. The fourth-order valence-electron chi connectivity index (χ4n) is 3.11. The smallest absolute Gasteiger partial charge is 0.139 e. The lowest BCUT2D eigenvalue weighted by atomic mass is 9.79. The molecule has 0 N–H and O–H groups in total. The van der Waals surface area contributed by atoms with Crippen molar-refractivity contribution in [2.75, 3.05) is 6.61 Å².